The summed E-state index contributed by atoms with van der Waals surface area (Å²) >= 11 is 6.06. The SMILES string of the molecule is CC(C)(C)C1(NC(=O)O)CC1c1ccc(-c2cccc(Cl)c2)cc1. The van der Waals surface area contributed by atoms with Crippen LogP contribution in [0.5, 0.6) is 0 Å². The lowest BCUT2D eigenvalue weighted by Gasteiger charge is -2.32. The van der Waals surface area contributed by atoms with Gasteiger partial charge in [-0.05, 0) is 40.7 Å². The zero-order valence-corrected chi connectivity index (χ0v) is 14.9. The van der Waals surface area contributed by atoms with Crippen molar-refractivity contribution in [3.63, 3.8) is 0 Å². The molecule has 2 aromatic carbocycles. The van der Waals surface area contributed by atoms with Gasteiger partial charge in [0.25, 0.3) is 0 Å². The van der Waals surface area contributed by atoms with Gasteiger partial charge < -0.3 is 10.4 Å². The minimum absolute atomic E-state index is 0.137. The zero-order valence-electron chi connectivity index (χ0n) is 14.1. The molecule has 24 heavy (non-hydrogen) atoms. The molecule has 1 saturated carbocycles. The Morgan fingerprint density at radius 3 is 2.38 bits per heavy atom. The first-order valence-electron chi connectivity index (χ1n) is 8.10. The van der Waals surface area contributed by atoms with Crippen molar-refractivity contribution in [3.8, 4) is 11.1 Å². The molecular weight excluding hydrogens is 322 g/mol. The second-order valence-electron chi connectivity index (χ2n) is 7.54. The average Bonchev–Trinajstić information content (AvgIpc) is 3.22. The molecule has 0 heterocycles. The van der Waals surface area contributed by atoms with E-state index in [0.717, 1.165) is 22.6 Å². The normalized spacial score (nSPS) is 22.9. The molecule has 3 nitrogen and oxygen atoms in total. The van der Waals surface area contributed by atoms with E-state index in [0.29, 0.717) is 0 Å². The fraction of sp³-hybridized carbons (Fsp3) is 0.350. The number of nitrogens with one attached hydrogen (secondary N) is 1. The summed E-state index contributed by atoms with van der Waals surface area (Å²) in [6.07, 6.45) is -0.123. The van der Waals surface area contributed by atoms with E-state index in [1.807, 2.05) is 24.3 Å². The number of carboxylic acid groups (broad SMARTS) is 1. The third-order valence-electron chi connectivity index (χ3n) is 5.10. The van der Waals surface area contributed by atoms with Crippen LogP contribution in [-0.2, 0) is 0 Å². The lowest BCUT2D eigenvalue weighted by atomic mass is 9.81. The van der Waals surface area contributed by atoms with Crippen LogP contribution >= 0.6 is 11.6 Å². The molecule has 0 saturated heterocycles. The molecule has 2 aromatic rings. The van der Waals surface area contributed by atoms with Gasteiger partial charge in [0.1, 0.15) is 0 Å². The standard InChI is InChI=1S/C20H22ClNO2/c1-19(2,3)20(22-18(23)24)12-17(20)14-9-7-13(8-10-14)15-5-4-6-16(21)11-15/h4-11,17,22H,12H2,1-3H3,(H,23,24). The van der Waals surface area contributed by atoms with Crippen molar-refractivity contribution in [2.24, 2.45) is 5.41 Å². The first-order valence-corrected chi connectivity index (χ1v) is 8.48. The Labute approximate surface area is 147 Å². The second-order valence-corrected chi connectivity index (χ2v) is 7.98. The third-order valence-corrected chi connectivity index (χ3v) is 5.34. The van der Waals surface area contributed by atoms with Crippen LogP contribution in [0.2, 0.25) is 5.02 Å². The number of rotatable bonds is 3. The Bertz CT molecular complexity index is 764. The molecule has 2 unspecified atom stereocenters. The Morgan fingerprint density at radius 2 is 1.83 bits per heavy atom. The van der Waals surface area contributed by atoms with Crippen LogP contribution in [0.15, 0.2) is 48.5 Å². The minimum Gasteiger partial charge on any atom is -0.465 e. The monoisotopic (exact) mass is 343 g/mol. The molecular formula is C20H22ClNO2. The summed E-state index contributed by atoms with van der Waals surface area (Å²) in [7, 11) is 0. The molecule has 0 aromatic heterocycles. The highest BCUT2D eigenvalue weighted by molar-refractivity contribution is 6.30. The average molecular weight is 344 g/mol. The molecule has 1 aliphatic rings. The molecule has 126 valence electrons. The fourth-order valence-electron chi connectivity index (χ4n) is 3.59. The van der Waals surface area contributed by atoms with Crippen molar-refractivity contribution in [1.82, 2.24) is 5.32 Å². The van der Waals surface area contributed by atoms with Crippen LogP contribution in [0.3, 0.4) is 0 Å². The number of halogens is 1. The molecule has 0 aliphatic heterocycles. The molecule has 3 rings (SSSR count). The third kappa shape index (κ3) is 3.01. The van der Waals surface area contributed by atoms with Gasteiger partial charge in [-0.25, -0.2) is 4.79 Å². The lowest BCUT2D eigenvalue weighted by Crippen LogP contribution is -2.47. The molecule has 4 heteroatoms. The van der Waals surface area contributed by atoms with Gasteiger partial charge in [-0.3, -0.25) is 0 Å². The van der Waals surface area contributed by atoms with Gasteiger partial charge >= 0.3 is 6.09 Å². The Balaban J connectivity index is 1.85. The Hall–Kier alpha value is -2.00. The number of carbonyl (C=O) groups is 1. The van der Waals surface area contributed by atoms with Gasteiger partial charge in [-0.1, -0.05) is 68.8 Å². The summed E-state index contributed by atoms with van der Waals surface area (Å²) in [4.78, 5) is 11.2. The van der Waals surface area contributed by atoms with Crippen molar-refractivity contribution in [2.75, 3.05) is 0 Å². The van der Waals surface area contributed by atoms with E-state index in [-0.39, 0.29) is 11.3 Å². The Kier molecular flexibility index (Phi) is 4.08. The molecule has 1 amide bonds. The molecule has 2 atom stereocenters. The first-order chi connectivity index (χ1) is 11.2. The quantitative estimate of drug-likeness (QED) is 0.767. The van der Waals surface area contributed by atoms with Gasteiger partial charge in [-0.15, -0.1) is 0 Å². The predicted molar refractivity (Wildman–Crippen MR) is 97.6 cm³/mol. The van der Waals surface area contributed by atoms with E-state index >= 15 is 0 Å². The largest absolute Gasteiger partial charge is 0.465 e. The van der Waals surface area contributed by atoms with Gasteiger partial charge in [0.05, 0.1) is 5.54 Å². The van der Waals surface area contributed by atoms with Crippen LogP contribution in [0.4, 0.5) is 4.79 Å². The van der Waals surface area contributed by atoms with E-state index < -0.39 is 11.6 Å². The fourth-order valence-corrected chi connectivity index (χ4v) is 3.78. The summed E-state index contributed by atoms with van der Waals surface area (Å²) in [5.74, 6) is 0.210. The summed E-state index contributed by atoms with van der Waals surface area (Å²) in [5, 5.41) is 12.7. The predicted octanol–water partition coefficient (Wildman–Crippen LogP) is 5.55. The molecule has 1 aliphatic carbocycles. The summed E-state index contributed by atoms with van der Waals surface area (Å²) in [6, 6.07) is 16.1. The topological polar surface area (TPSA) is 49.3 Å². The number of amides is 1. The maximum atomic E-state index is 11.2. The highest BCUT2D eigenvalue weighted by Crippen LogP contribution is 2.60. The maximum absolute atomic E-state index is 11.2. The minimum atomic E-state index is -0.956. The highest BCUT2D eigenvalue weighted by Gasteiger charge is 2.62. The molecule has 0 spiro atoms. The van der Waals surface area contributed by atoms with Gasteiger partial charge in [0.15, 0.2) is 0 Å². The summed E-state index contributed by atoms with van der Waals surface area (Å²) < 4.78 is 0. The van der Waals surface area contributed by atoms with Gasteiger partial charge in [0, 0.05) is 10.9 Å². The van der Waals surface area contributed by atoms with Crippen LogP contribution in [0.25, 0.3) is 11.1 Å². The summed E-state index contributed by atoms with van der Waals surface area (Å²) in [5.41, 5.74) is 2.83. The van der Waals surface area contributed by atoms with E-state index in [9.17, 15) is 9.90 Å². The van der Waals surface area contributed by atoms with Crippen molar-refractivity contribution in [2.45, 2.75) is 38.6 Å². The number of benzene rings is 2. The van der Waals surface area contributed by atoms with Crippen molar-refractivity contribution in [1.29, 1.82) is 0 Å². The molecule has 0 radical (unpaired) electrons. The Morgan fingerprint density at radius 1 is 1.17 bits per heavy atom. The number of hydrogen-bond acceptors (Lipinski definition) is 1. The van der Waals surface area contributed by atoms with E-state index in [2.05, 4.69) is 50.4 Å². The van der Waals surface area contributed by atoms with Crippen LogP contribution in [0, 0.1) is 5.41 Å². The van der Waals surface area contributed by atoms with Crippen LogP contribution in [0.1, 0.15) is 38.7 Å². The number of hydrogen-bond donors (Lipinski definition) is 2. The smallest absolute Gasteiger partial charge is 0.405 e. The maximum Gasteiger partial charge on any atom is 0.405 e. The second kappa shape index (κ2) is 5.82. The van der Waals surface area contributed by atoms with Gasteiger partial charge in [0.2, 0.25) is 0 Å². The van der Waals surface area contributed by atoms with Crippen LogP contribution < -0.4 is 5.32 Å². The lowest BCUT2D eigenvalue weighted by molar-refractivity contribution is 0.167. The van der Waals surface area contributed by atoms with E-state index in [4.69, 9.17) is 11.6 Å². The van der Waals surface area contributed by atoms with Crippen molar-refractivity contribution in [3.05, 3.63) is 59.1 Å². The van der Waals surface area contributed by atoms with E-state index in [1.54, 1.807) is 0 Å². The van der Waals surface area contributed by atoms with Crippen LogP contribution in [-0.4, -0.2) is 16.7 Å². The van der Waals surface area contributed by atoms with E-state index in [1.165, 1.54) is 5.56 Å². The van der Waals surface area contributed by atoms with Crippen molar-refractivity contribution >= 4 is 17.7 Å². The van der Waals surface area contributed by atoms with Gasteiger partial charge in [-0.2, -0.15) is 0 Å². The first kappa shape index (κ1) is 16.8. The molecule has 1 fully saturated rings. The molecule has 0 bridgehead atoms. The zero-order chi connectivity index (χ0) is 17.5. The molecule has 2 N–H and O–H groups in total. The van der Waals surface area contributed by atoms with Crippen molar-refractivity contribution < 1.29 is 9.90 Å². The summed E-state index contributed by atoms with van der Waals surface area (Å²) in [6.45, 7) is 6.26. The highest BCUT2D eigenvalue weighted by atomic mass is 35.5.